The van der Waals surface area contributed by atoms with E-state index in [-0.39, 0.29) is 5.91 Å². The predicted octanol–water partition coefficient (Wildman–Crippen LogP) is 4.85. The Hall–Kier alpha value is -3.05. The number of amides is 1. The number of rotatable bonds is 4. The molecule has 0 atom stereocenters. The first-order valence-electron chi connectivity index (χ1n) is 8.36. The van der Waals surface area contributed by atoms with Crippen LogP contribution in [0.5, 0.6) is 0 Å². The van der Waals surface area contributed by atoms with Crippen LogP contribution in [0.1, 0.15) is 11.1 Å². The molecule has 1 amide bonds. The predicted molar refractivity (Wildman–Crippen MR) is 106 cm³/mol. The summed E-state index contributed by atoms with van der Waals surface area (Å²) in [4.78, 5) is 22.3. The number of carbonyl (C=O) groups is 1. The summed E-state index contributed by atoms with van der Waals surface area (Å²) in [6, 6.07) is 19.5. The van der Waals surface area contributed by atoms with Crippen molar-refractivity contribution in [2.75, 3.05) is 5.32 Å². The van der Waals surface area contributed by atoms with E-state index < -0.39 is 0 Å². The van der Waals surface area contributed by atoms with Gasteiger partial charge in [-0.05, 0) is 36.2 Å². The highest BCUT2D eigenvalue weighted by atomic mass is 32.1. The van der Waals surface area contributed by atoms with Gasteiger partial charge in [-0.25, -0.2) is 9.97 Å². The SMILES string of the molecule is Cc1c(NC(=O)Cc2ccccc2)cccc1-c1nc2cccnc2s1. The van der Waals surface area contributed by atoms with Gasteiger partial charge in [-0.1, -0.05) is 53.8 Å². The highest BCUT2D eigenvalue weighted by molar-refractivity contribution is 7.21. The van der Waals surface area contributed by atoms with E-state index in [1.807, 2.05) is 67.6 Å². The van der Waals surface area contributed by atoms with Crippen LogP contribution in [0.3, 0.4) is 0 Å². The molecular formula is C21H17N3OS. The fourth-order valence-electron chi connectivity index (χ4n) is 2.86. The molecule has 0 aliphatic carbocycles. The van der Waals surface area contributed by atoms with Crippen molar-refractivity contribution >= 4 is 33.3 Å². The number of hydrogen-bond donors (Lipinski definition) is 1. The number of carbonyl (C=O) groups excluding carboxylic acids is 1. The van der Waals surface area contributed by atoms with Crippen molar-refractivity contribution in [2.45, 2.75) is 13.3 Å². The van der Waals surface area contributed by atoms with Gasteiger partial charge in [-0.2, -0.15) is 0 Å². The van der Waals surface area contributed by atoms with E-state index in [0.29, 0.717) is 6.42 Å². The standard InChI is InChI=1S/C21H17N3OS/c1-14-16(20-24-18-11-6-12-22-21(18)26-20)9-5-10-17(14)23-19(25)13-15-7-3-2-4-8-15/h2-12H,13H2,1H3,(H,23,25). The summed E-state index contributed by atoms with van der Waals surface area (Å²) in [5.74, 6) is -0.0255. The van der Waals surface area contributed by atoms with Crippen LogP contribution in [0.2, 0.25) is 0 Å². The number of fused-ring (bicyclic) bond motifs is 1. The van der Waals surface area contributed by atoms with Gasteiger partial charge >= 0.3 is 0 Å². The summed E-state index contributed by atoms with van der Waals surface area (Å²) >= 11 is 1.56. The third-order valence-electron chi connectivity index (χ3n) is 4.21. The second-order valence-electron chi connectivity index (χ2n) is 6.04. The van der Waals surface area contributed by atoms with Crippen LogP contribution >= 0.6 is 11.3 Å². The van der Waals surface area contributed by atoms with E-state index >= 15 is 0 Å². The van der Waals surface area contributed by atoms with E-state index in [0.717, 1.165) is 37.7 Å². The van der Waals surface area contributed by atoms with E-state index in [1.54, 1.807) is 17.5 Å². The largest absolute Gasteiger partial charge is 0.326 e. The first-order chi connectivity index (χ1) is 12.7. The van der Waals surface area contributed by atoms with E-state index in [4.69, 9.17) is 0 Å². The van der Waals surface area contributed by atoms with E-state index in [2.05, 4.69) is 15.3 Å². The van der Waals surface area contributed by atoms with Gasteiger partial charge in [0, 0.05) is 17.4 Å². The van der Waals surface area contributed by atoms with Crippen molar-refractivity contribution in [2.24, 2.45) is 0 Å². The van der Waals surface area contributed by atoms with E-state index in [9.17, 15) is 4.79 Å². The monoisotopic (exact) mass is 359 g/mol. The molecular weight excluding hydrogens is 342 g/mol. The number of thiazole rings is 1. The van der Waals surface area contributed by atoms with Gasteiger partial charge in [0.2, 0.25) is 5.91 Å². The highest BCUT2D eigenvalue weighted by Crippen LogP contribution is 2.33. The summed E-state index contributed by atoms with van der Waals surface area (Å²) in [5.41, 5.74) is 4.73. The first kappa shape index (κ1) is 16.4. The molecule has 2 heterocycles. The van der Waals surface area contributed by atoms with Crippen molar-refractivity contribution < 1.29 is 4.79 Å². The Balaban J connectivity index is 1.60. The summed E-state index contributed by atoms with van der Waals surface area (Å²) in [7, 11) is 0. The lowest BCUT2D eigenvalue weighted by atomic mass is 10.1. The Bertz CT molecular complexity index is 1040. The quantitative estimate of drug-likeness (QED) is 0.567. The van der Waals surface area contributed by atoms with Crippen LogP contribution in [0.4, 0.5) is 5.69 Å². The Morgan fingerprint density at radius 3 is 2.69 bits per heavy atom. The number of anilines is 1. The molecule has 0 aliphatic heterocycles. The fourth-order valence-corrected chi connectivity index (χ4v) is 3.85. The van der Waals surface area contributed by atoms with Gasteiger partial charge in [0.05, 0.1) is 6.42 Å². The Kier molecular flexibility index (Phi) is 4.46. The number of nitrogens with zero attached hydrogens (tertiary/aromatic N) is 2. The summed E-state index contributed by atoms with van der Waals surface area (Å²) in [5, 5.41) is 3.94. The van der Waals surface area contributed by atoms with Crippen molar-refractivity contribution in [1.82, 2.24) is 9.97 Å². The molecule has 5 heteroatoms. The molecule has 1 N–H and O–H groups in total. The zero-order chi connectivity index (χ0) is 17.9. The van der Waals surface area contributed by atoms with Crippen molar-refractivity contribution in [3.63, 3.8) is 0 Å². The van der Waals surface area contributed by atoms with Gasteiger partial charge in [0.25, 0.3) is 0 Å². The minimum atomic E-state index is -0.0255. The summed E-state index contributed by atoms with van der Waals surface area (Å²) in [6.45, 7) is 2.01. The normalized spacial score (nSPS) is 10.8. The minimum absolute atomic E-state index is 0.0255. The minimum Gasteiger partial charge on any atom is -0.326 e. The van der Waals surface area contributed by atoms with E-state index in [1.165, 1.54) is 0 Å². The molecule has 0 saturated heterocycles. The maximum absolute atomic E-state index is 12.4. The number of nitrogens with one attached hydrogen (secondary N) is 1. The van der Waals surface area contributed by atoms with Crippen molar-refractivity contribution in [3.05, 3.63) is 78.0 Å². The smallest absolute Gasteiger partial charge is 0.228 e. The molecule has 2 aromatic heterocycles. The topological polar surface area (TPSA) is 54.9 Å². The van der Waals surface area contributed by atoms with Crippen LogP contribution < -0.4 is 5.32 Å². The second-order valence-corrected chi connectivity index (χ2v) is 7.01. The van der Waals surface area contributed by atoms with Crippen molar-refractivity contribution in [1.29, 1.82) is 0 Å². The maximum atomic E-state index is 12.4. The molecule has 2 aromatic carbocycles. The molecule has 0 aliphatic rings. The molecule has 0 spiro atoms. The zero-order valence-corrected chi connectivity index (χ0v) is 15.1. The second kappa shape index (κ2) is 7.06. The number of aromatic nitrogens is 2. The molecule has 0 fully saturated rings. The lowest BCUT2D eigenvalue weighted by Crippen LogP contribution is -2.15. The van der Waals surface area contributed by atoms with Crippen LogP contribution in [-0.2, 0) is 11.2 Å². The Morgan fingerprint density at radius 1 is 1.04 bits per heavy atom. The van der Waals surface area contributed by atoms with Gasteiger partial charge < -0.3 is 5.32 Å². The molecule has 4 aromatic rings. The zero-order valence-electron chi connectivity index (χ0n) is 14.3. The summed E-state index contributed by atoms with van der Waals surface area (Å²) < 4.78 is 0. The van der Waals surface area contributed by atoms with Gasteiger partial charge in [-0.3, -0.25) is 4.79 Å². The average Bonchev–Trinajstić information content (AvgIpc) is 3.08. The van der Waals surface area contributed by atoms with Gasteiger partial charge in [0.15, 0.2) is 0 Å². The molecule has 0 unspecified atom stereocenters. The molecule has 26 heavy (non-hydrogen) atoms. The fraction of sp³-hybridized carbons (Fsp3) is 0.0952. The molecule has 0 radical (unpaired) electrons. The van der Waals surface area contributed by atoms with Crippen LogP contribution in [0.15, 0.2) is 66.9 Å². The third-order valence-corrected chi connectivity index (χ3v) is 5.22. The van der Waals surface area contributed by atoms with Gasteiger partial charge in [-0.15, -0.1) is 0 Å². The Morgan fingerprint density at radius 2 is 1.88 bits per heavy atom. The summed E-state index contributed by atoms with van der Waals surface area (Å²) in [6.07, 6.45) is 2.13. The number of benzene rings is 2. The lowest BCUT2D eigenvalue weighted by Gasteiger charge is -2.11. The highest BCUT2D eigenvalue weighted by Gasteiger charge is 2.13. The van der Waals surface area contributed by atoms with Crippen LogP contribution in [0, 0.1) is 6.92 Å². The third kappa shape index (κ3) is 3.34. The first-order valence-corrected chi connectivity index (χ1v) is 9.18. The molecule has 0 saturated carbocycles. The van der Waals surface area contributed by atoms with Gasteiger partial charge in [0.1, 0.15) is 15.4 Å². The Labute approximate surface area is 155 Å². The lowest BCUT2D eigenvalue weighted by molar-refractivity contribution is -0.115. The average molecular weight is 359 g/mol. The van der Waals surface area contributed by atoms with Crippen LogP contribution in [-0.4, -0.2) is 15.9 Å². The maximum Gasteiger partial charge on any atom is 0.228 e. The molecule has 128 valence electrons. The van der Waals surface area contributed by atoms with Crippen LogP contribution in [0.25, 0.3) is 20.9 Å². The molecule has 4 nitrogen and oxygen atoms in total. The molecule has 0 bridgehead atoms. The number of pyridine rings is 1. The number of hydrogen-bond acceptors (Lipinski definition) is 4. The molecule has 4 rings (SSSR count). The van der Waals surface area contributed by atoms with Crippen molar-refractivity contribution in [3.8, 4) is 10.6 Å².